The third-order valence-electron chi connectivity index (χ3n) is 3.95. The van der Waals surface area contributed by atoms with E-state index in [0.717, 1.165) is 6.54 Å². The molecule has 0 radical (unpaired) electrons. The van der Waals surface area contributed by atoms with Gasteiger partial charge in [-0.15, -0.1) is 0 Å². The molecule has 3 nitrogen and oxygen atoms in total. The van der Waals surface area contributed by atoms with Crippen LogP contribution in [0.1, 0.15) is 32.3 Å². The lowest BCUT2D eigenvalue weighted by atomic mass is 10.0. The van der Waals surface area contributed by atoms with Crippen molar-refractivity contribution in [1.82, 2.24) is 4.90 Å². The van der Waals surface area contributed by atoms with E-state index in [1.165, 1.54) is 42.8 Å². The van der Waals surface area contributed by atoms with Gasteiger partial charge < -0.3 is 10.1 Å². The second kappa shape index (κ2) is 8.20. The van der Waals surface area contributed by atoms with Crippen LogP contribution in [0.2, 0.25) is 0 Å². The van der Waals surface area contributed by atoms with Gasteiger partial charge in [-0.05, 0) is 44.4 Å². The molecule has 1 fully saturated rings. The fourth-order valence-electron chi connectivity index (χ4n) is 2.72. The molecule has 2 rings (SSSR count). The molecule has 0 aliphatic carbocycles. The molecule has 1 saturated heterocycles. The summed E-state index contributed by atoms with van der Waals surface area (Å²) in [6, 6.07) is 9.14. The van der Waals surface area contributed by atoms with Crippen molar-refractivity contribution in [1.29, 1.82) is 0 Å². The van der Waals surface area contributed by atoms with Crippen molar-refractivity contribution in [3.63, 3.8) is 0 Å². The Morgan fingerprint density at radius 3 is 2.76 bits per heavy atom. The van der Waals surface area contributed by atoms with Gasteiger partial charge in [-0.25, -0.2) is 0 Å². The molecule has 0 aromatic heterocycles. The number of benzene rings is 1. The van der Waals surface area contributed by atoms with E-state index in [1.807, 2.05) is 0 Å². The van der Waals surface area contributed by atoms with Gasteiger partial charge in [-0.1, -0.05) is 23.8 Å². The molecule has 0 atom stereocenters. The van der Waals surface area contributed by atoms with E-state index < -0.39 is 0 Å². The first-order valence-electron chi connectivity index (χ1n) is 7.87. The molecule has 1 aromatic carbocycles. The summed E-state index contributed by atoms with van der Waals surface area (Å²) < 4.78 is 5.19. The molecule has 116 valence electrons. The number of nitrogens with zero attached hydrogens (tertiary/aromatic N) is 1. The highest BCUT2D eigenvalue weighted by Crippen LogP contribution is 2.18. The number of methoxy groups -OCH3 is 1. The molecule has 1 N–H and O–H groups in total. The molecule has 1 aliphatic heterocycles. The van der Waals surface area contributed by atoms with E-state index in [4.69, 9.17) is 4.74 Å². The van der Waals surface area contributed by atoms with Gasteiger partial charge in [0.15, 0.2) is 0 Å². The maximum atomic E-state index is 5.19. The molecule has 1 heterocycles. The molecule has 21 heavy (non-hydrogen) atoms. The summed E-state index contributed by atoms with van der Waals surface area (Å²) >= 11 is 0. The molecule has 1 aromatic rings. The predicted molar refractivity (Wildman–Crippen MR) is 89.7 cm³/mol. The van der Waals surface area contributed by atoms with Crippen molar-refractivity contribution in [2.75, 3.05) is 32.1 Å². The summed E-state index contributed by atoms with van der Waals surface area (Å²) in [7, 11) is 1.74. The van der Waals surface area contributed by atoms with Gasteiger partial charge >= 0.3 is 0 Å². The normalized spacial score (nSPS) is 16.7. The van der Waals surface area contributed by atoms with Gasteiger partial charge in [-0.2, -0.15) is 0 Å². The molecule has 0 saturated carbocycles. The number of ether oxygens (including phenoxy) is 1. The fourth-order valence-corrected chi connectivity index (χ4v) is 2.72. The molecule has 0 unspecified atom stereocenters. The van der Waals surface area contributed by atoms with Gasteiger partial charge in [0, 0.05) is 38.5 Å². The van der Waals surface area contributed by atoms with Crippen LogP contribution in [0.3, 0.4) is 0 Å². The zero-order valence-corrected chi connectivity index (χ0v) is 13.6. The van der Waals surface area contributed by atoms with Crippen LogP contribution in [0.25, 0.3) is 0 Å². The van der Waals surface area contributed by atoms with E-state index in [0.29, 0.717) is 12.6 Å². The Morgan fingerprint density at radius 1 is 1.33 bits per heavy atom. The number of piperidine rings is 1. The summed E-state index contributed by atoms with van der Waals surface area (Å²) in [6.45, 7) is 8.47. The van der Waals surface area contributed by atoms with Gasteiger partial charge in [0.2, 0.25) is 0 Å². The minimum atomic E-state index is 0.589. The fraction of sp³-hybridized carbons (Fsp3) is 0.556. The summed E-state index contributed by atoms with van der Waals surface area (Å²) in [6.07, 6.45) is 4.75. The Labute approximate surface area is 129 Å². The van der Waals surface area contributed by atoms with Gasteiger partial charge in [0.25, 0.3) is 0 Å². The van der Waals surface area contributed by atoms with Crippen molar-refractivity contribution < 1.29 is 4.74 Å². The first-order valence-corrected chi connectivity index (χ1v) is 7.87. The average molecular weight is 288 g/mol. The van der Waals surface area contributed by atoms with Gasteiger partial charge in [0.05, 0.1) is 6.61 Å². The smallest absolute Gasteiger partial charge is 0.0713 e. The lowest BCUT2D eigenvalue weighted by Crippen LogP contribution is -2.39. The maximum absolute atomic E-state index is 5.19. The van der Waals surface area contributed by atoms with E-state index >= 15 is 0 Å². The van der Waals surface area contributed by atoms with Crippen molar-refractivity contribution >= 4 is 5.69 Å². The topological polar surface area (TPSA) is 24.5 Å². The van der Waals surface area contributed by atoms with Crippen molar-refractivity contribution in [3.05, 3.63) is 41.5 Å². The van der Waals surface area contributed by atoms with Gasteiger partial charge in [0.1, 0.15) is 0 Å². The van der Waals surface area contributed by atoms with Crippen LogP contribution in [0, 0.1) is 0 Å². The van der Waals surface area contributed by atoms with Crippen LogP contribution in [-0.2, 0) is 11.3 Å². The third kappa shape index (κ3) is 5.52. The zero-order valence-electron chi connectivity index (χ0n) is 13.6. The van der Waals surface area contributed by atoms with E-state index in [1.54, 1.807) is 7.11 Å². The molecular weight excluding hydrogens is 260 g/mol. The second-order valence-corrected chi connectivity index (χ2v) is 6.13. The highest BCUT2D eigenvalue weighted by molar-refractivity contribution is 5.46. The summed E-state index contributed by atoms with van der Waals surface area (Å²) in [5, 5.41) is 3.67. The highest BCUT2D eigenvalue weighted by atomic mass is 16.5. The second-order valence-electron chi connectivity index (χ2n) is 6.13. The van der Waals surface area contributed by atoms with Crippen LogP contribution in [0.4, 0.5) is 5.69 Å². The Bertz CT molecular complexity index is 458. The maximum Gasteiger partial charge on any atom is 0.0713 e. The molecule has 0 amide bonds. The minimum Gasteiger partial charge on any atom is -0.382 e. The van der Waals surface area contributed by atoms with Crippen LogP contribution >= 0.6 is 0 Å². The lowest BCUT2D eigenvalue weighted by Gasteiger charge is -2.32. The highest BCUT2D eigenvalue weighted by Gasteiger charge is 2.18. The summed E-state index contributed by atoms with van der Waals surface area (Å²) in [5.74, 6) is 0. The zero-order chi connectivity index (χ0) is 15.1. The van der Waals surface area contributed by atoms with E-state index in [2.05, 4.69) is 54.4 Å². The number of likely N-dealkylation sites (tertiary alicyclic amines) is 1. The van der Waals surface area contributed by atoms with Crippen LogP contribution < -0.4 is 5.32 Å². The quantitative estimate of drug-likeness (QED) is 0.808. The van der Waals surface area contributed by atoms with Crippen LogP contribution in [-0.4, -0.2) is 37.7 Å². The number of rotatable bonds is 6. The number of nitrogens with one attached hydrogen (secondary N) is 1. The predicted octanol–water partition coefficient (Wildman–Crippen LogP) is 3.68. The first kappa shape index (κ1) is 16.1. The third-order valence-corrected chi connectivity index (χ3v) is 3.95. The van der Waals surface area contributed by atoms with E-state index in [9.17, 15) is 0 Å². The number of hydrogen-bond acceptors (Lipinski definition) is 3. The van der Waals surface area contributed by atoms with Gasteiger partial charge in [-0.3, -0.25) is 4.90 Å². The molecule has 0 bridgehead atoms. The van der Waals surface area contributed by atoms with Crippen LogP contribution in [0.15, 0.2) is 35.9 Å². The van der Waals surface area contributed by atoms with Crippen LogP contribution in [0.5, 0.6) is 0 Å². The first-order chi connectivity index (χ1) is 10.2. The molecule has 0 spiro atoms. The molecule has 3 heteroatoms. The van der Waals surface area contributed by atoms with Crippen molar-refractivity contribution in [2.45, 2.75) is 39.3 Å². The Hall–Kier alpha value is -1.32. The van der Waals surface area contributed by atoms with E-state index in [-0.39, 0.29) is 0 Å². The monoisotopic (exact) mass is 288 g/mol. The SMILES string of the molecule is COCc1cccc(NC2CCN(CC=C(C)C)CC2)c1. The number of hydrogen-bond donors (Lipinski definition) is 1. The number of anilines is 1. The number of allylic oxidation sites excluding steroid dienone is 1. The largest absolute Gasteiger partial charge is 0.382 e. The standard InChI is InChI=1S/C18H28N2O/c1-15(2)7-10-20-11-8-17(9-12-20)19-18-6-4-5-16(13-18)14-21-3/h4-7,13,17,19H,8-12,14H2,1-3H3. The lowest BCUT2D eigenvalue weighted by molar-refractivity contribution is 0.185. The average Bonchev–Trinajstić information content (AvgIpc) is 2.47. The summed E-state index contributed by atoms with van der Waals surface area (Å²) in [4.78, 5) is 2.53. The Balaban J connectivity index is 1.80. The minimum absolute atomic E-state index is 0.589. The molecule has 1 aliphatic rings. The van der Waals surface area contributed by atoms with Crippen molar-refractivity contribution in [2.24, 2.45) is 0 Å². The Kier molecular flexibility index (Phi) is 6.27. The Morgan fingerprint density at radius 2 is 2.10 bits per heavy atom. The summed E-state index contributed by atoms with van der Waals surface area (Å²) in [5.41, 5.74) is 3.85. The van der Waals surface area contributed by atoms with Crippen molar-refractivity contribution in [3.8, 4) is 0 Å². The molecular formula is C18H28N2O.